The van der Waals surface area contributed by atoms with E-state index in [0.29, 0.717) is 0 Å². The van der Waals surface area contributed by atoms with Crippen LogP contribution in [0.25, 0.3) is 0 Å². The van der Waals surface area contributed by atoms with Crippen LogP contribution in [-0.4, -0.2) is 7.86 Å². The molecule has 0 saturated heterocycles. The highest BCUT2D eigenvalue weighted by Gasteiger charge is 2.30. The maximum Gasteiger partial charge on any atom is 0.297 e. The molecule has 0 bridgehead atoms. The smallest absolute Gasteiger partial charge is 0.0910 e. The lowest BCUT2D eigenvalue weighted by molar-refractivity contribution is 1.83. The second-order valence-electron chi connectivity index (χ2n) is 2.58. The molecule has 0 unspecified atom stereocenters. The zero-order chi connectivity index (χ0) is 11.0. The summed E-state index contributed by atoms with van der Waals surface area (Å²) in [5.74, 6) is 0. The third kappa shape index (κ3) is 4.42. The molecule has 0 aliphatic carbocycles. The Hall–Kier alpha value is 2.53. The van der Waals surface area contributed by atoms with Crippen LogP contribution in [0.3, 0.4) is 0 Å². The molecular formula is C6H4Br6Si2. The minimum absolute atomic E-state index is 1.25. The first-order valence-corrected chi connectivity index (χ1v) is 21.0. The standard InChI is InChI=1S/C6H4Br6Si2/c7-13(8,9)5-2-1-3-6(4-5)14(10,11)12/h1-4H. The average Bonchev–Trinajstić information content (AvgIpc) is 2.01. The Balaban J connectivity index is 3.15. The van der Waals surface area contributed by atoms with E-state index in [0.717, 1.165) is 0 Å². The number of rotatable bonds is 2. The summed E-state index contributed by atoms with van der Waals surface area (Å²) in [6, 6.07) is 8.43. The molecular weight excluding hydrogens is 608 g/mol. The van der Waals surface area contributed by atoms with E-state index in [1.165, 1.54) is 10.4 Å². The molecule has 0 nitrogen and oxygen atoms in total. The van der Waals surface area contributed by atoms with Gasteiger partial charge in [0.2, 0.25) is 0 Å². The molecule has 1 aromatic rings. The van der Waals surface area contributed by atoms with Gasteiger partial charge in [-0.1, -0.05) is 116 Å². The van der Waals surface area contributed by atoms with Gasteiger partial charge in [0.25, 0.3) is 7.86 Å². The van der Waals surface area contributed by atoms with Crippen LogP contribution in [0.1, 0.15) is 0 Å². The molecule has 0 aromatic heterocycles. The van der Waals surface area contributed by atoms with Gasteiger partial charge >= 0.3 is 0 Å². The Kier molecular flexibility index (Phi) is 5.68. The van der Waals surface area contributed by atoms with Crippen LogP contribution in [0, 0.1) is 0 Å². The second-order valence-corrected chi connectivity index (χ2v) is 46.3. The number of hydrogen-bond donors (Lipinski definition) is 0. The first kappa shape index (κ1) is 14.6. The molecule has 8 heteroatoms. The summed E-state index contributed by atoms with van der Waals surface area (Å²) < 4.78 is -3.49. The summed E-state index contributed by atoms with van der Waals surface area (Å²) >= 11 is 21.8. The lowest BCUT2D eigenvalue weighted by Gasteiger charge is -2.14. The van der Waals surface area contributed by atoms with E-state index < -0.39 is 7.86 Å². The van der Waals surface area contributed by atoms with Crippen molar-refractivity contribution in [2.75, 3.05) is 0 Å². The van der Waals surface area contributed by atoms with E-state index in [1.807, 2.05) is 0 Å². The van der Waals surface area contributed by atoms with Gasteiger partial charge in [0.15, 0.2) is 0 Å². The van der Waals surface area contributed by atoms with Crippen molar-refractivity contribution in [1.82, 2.24) is 0 Å². The summed E-state index contributed by atoms with van der Waals surface area (Å²) in [7, 11) is 0. The van der Waals surface area contributed by atoms with Crippen LogP contribution in [0.4, 0.5) is 0 Å². The molecule has 0 amide bonds. The molecule has 0 spiro atoms. The monoisotopic (exact) mass is 605 g/mol. The third-order valence-corrected chi connectivity index (χ3v) is 11.7. The van der Waals surface area contributed by atoms with Crippen LogP contribution >= 0.6 is 91.8 Å². The fourth-order valence-electron chi connectivity index (χ4n) is 0.872. The van der Waals surface area contributed by atoms with Crippen molar-refractivity contribution in [1.29, 1.82) is 0 Å². The highest BCUT2D eigenvalue weighted by atomic mass is 80.0. The van der Waals surface area contributed by atoms with Gasteiger partial charge in [-0.05, 0) is 10.4 Å². The predicted octanol–water partition coefficient (Wildman–Crippen LogP) is 4.35. The molecule has 78 valence electrons. The van der Waals surface area contributed by atoms with Crippen molar-refractivity contribution in [3.05, 3.63) is 24.3 Å². The van der Waals surface area contributed by atoms with Crippen molar-refractivity contribution in [3.63, 3.8) is 0 Å². The zero-order valence-corrected chi connectivity index (χ0v) is 18.1. The van der Waals surface area contributed by atoms with E-state index in [9.17, 15) is 0 Å². The van der Waals surface area contributed by atoms with Gasteiger partial charge in [0.1, 0.15) is 0 Å². The van der Waals surface area contributed by atoms with Crippen molar-refractivity contribution in [2.45, 2.75) is 0 Å². The van der Waals surface area contributed by atoms with Crippen LogP contribution < -0.4 is 10.4 Å². The van der Waals surface area contributed by atoms with Gasteiger partial charge < -0.3 is 0 Å². The molecule has 0 aliphatic rings. The molecule has 0 atom stereocenters. The van der Waals surface area contributed by atoms with Crippen molar-refractivity contribution in [2.24, 2.45) is 0 Å². The minimum Gasteiger partial charge on any atom is -0.0910 e. The molecule has 14 heavy (non-hydrogen) atoms. The topological polar surface area (TPSA) is 0 Å². The number of benzene rings is 1. The maximum atomic E-state index is 3.63. The molecule has 0 radical (unpaired) electrons. The SMILES string of the molecule is Br[Si](Br)(Br)c1cccc([Si](Br)(Br)Br)c1. The largest absolute Gasteiger partial charge is 0.297 e. The van der Waals surface area contributed by atoms with Gasteiger partial charge in [-0.15, -0.1) is 0 Å². The lowest BCUT2D eigenvalue weighted by Crippen LogP contribution is -2.36. The van der Waals surface area contributed by atoms with E-state index in [-0.39, 0.29) is 0 Å². The highest BCUT2D eigenvalue weighted by Crippen LogP contribution is 2.29. The van der Waals surface area contributed by atoms with Crippen molar-refractivity contribution >= 4 is 110 Å². The van der Waals surface area contributed by atoms with Gasteiger partial charge in [-0.2, -0.15) is 0 Å². The summed E-state index contributed by atoms with van der Waals surface area (Å²) in [4.78, 5) is 0. The second kappa shape index (κ2) is 5.45. The summed E-state index contributed by atoms with van der Waals surface area (Å²) in [5, 5.41) is 2.51. The molecule has 1 aromatic carbocycles. The van der Waals surface area contributed by atoms with Crippen molar-refractivity contribution in [3.8, 4) is 0 Å². The quantitative estimate of drug-likeness (QED) is 0.345. The number of halogens is 6. The van der Waals surface area contributed by atoms with Gasteiger partial charge in [0, 0.05) is 0 Å². The van der Waals surface area contributed by atoms with E-state index in [1.54, 1.807) is 0 Å². The van der Waals surface area contributed by atoms with E-state index >= 15 is 0 Å². The van der Waals surface area contributed by atoms with Crippen LogP contribution in [-0.2, 0) is 0 Å². The molecule has 0 heterocycles. The average molecular weight is 612 g/mol. The lowest BCUT2D eigenvalue weighted by atomic mass is 10.4. The number of hydrogen-bond acceptors (Lipinski definition) is 0. The van der Waals surface area contributed by atoms with Crippen molar-refractivity contribution < 1.29 is 0 Å². The molecule has 0 fully saturated rings. The minimum atomic E-state index is -1.75. The van der Waals surface area contributed by atoms with Gasteiger partial charge in [-0.3, -0.25) is 0 Å². The molecule has 0 saturated carbocycles. The Morgan fingerprint density at radius 1 is 0.714 bits per heavy atom. The molecule has 1 rings (SSSR count). The summed E-state index contributed by atoms with van der Waals surface area (Å²) in [6.45, 7) is 0. The van der Waals surface area contributed by atoms with E-state index in [4.69, 9.17) is 0 Å². The Morgan fingerprint density at radius 2 is 1.07 bits per heavy atom. The molecule has 0 N–H and O–H groups in total. The normalized spacial score (nSPS) is 13.0. The first-order valence-electron chi connectivity index (χ1n) is 3.46. The molecule has 0 aliphatic heterocycles. The Morgan fingerprint density at radius 3 is 1.36 bits per heavy atom. The third-order valence-electron chi connectivity index (χ3n) is 1.52. The summed E-state index contributed by atoms with van der Waals surface area (Å²) in [6.07, 6.45) is 0. The van der Waals surface area contributed by atoms with Crippen LogP contribution in [0.15, 0.2) is 24.3 Å². The highest BCUT2D eigenvalue weighted by molar-refractivity contribution is 9.73. The zero-order valence-electron chi connectivity index (χ0n) is 6.58. The fraction of sp³-hybridized carbons (Fsp3) is 0. The Labute approximate surface area is 132 Å². The van der Waals surface area contributed by atoms with Gasteiger partial charge in [0.05, 0.1) is 0 Å². The Bertz CT molecular complexity index is 299. The summed E-state index contributed by atoms with van der Waals surface area (Å²) in [5.41, 5.74) is 0. The maximum absolute atomic E-state index is 3.63. The van der Waals surface area contributed by atoms with E-state index in [2.05, 4.69) is 116 Å². The van der Waals surface area contributed by atoms with Crippen LogP contribution in [0.5, 0.6) is 0 Å². The predicted molar refractivity (Wildman–Crippen MR) is 90.8 cm³/mol. The fourth-order valence-corrected chi connectivity index (χ4v) is 6.66. The first-order chi connectivity index (χ1) is 6.21. The van der Waals surface area contributed by atoms with Crippen LogP contribution in [0.2, 0.25) is 0 Å². The van der Waals surface area contributed by atoms with Gasteiger partial charge in [-0.25, -0.2) is 0 Å².